The van der Waals surface area contributed by atoms with E-state index < -0.39 is 19.9 Å². The lowest BCUT2D eigenvalue weighted by atomic mass is 10.3. The summed E-state index contributed by atoms with van der Waals surface area (Å²) in [6, 6.07) is 10.4. The molecule has 0 aromatic heterocycles. The first-order chi connectivity index (χ1) is 11.8. The summed E-state index contributed by atoms with van der Waals surface area (Å²) in [6.07, 6.45) is 0. The van der Waals surface area contributed by atoms with Gasteiger partial charge in [0.05, 0.1) is 9.79 Å². The van der Waals surface area contributed by atoms with Crippen LogP contribution in [0.2, 0.25) is 0 Å². The molecule has 12 heteroatoms. The predicted octanol–water partition coefficient (Wildman–Crippen LogP) is 2.51. The summed E-state index contributed by atoms with van der Waals surface area (Å²) in [5.41, 5.74) is 16.9. The molecule has 0 N–H and O–H groups in total. The Labute approximate surface area is 142 Å². The van der Waals surface area contributed by atoms with Crippen molar-refractivity contribution in [2.45, 2.75) is 9.79 Å². The Kier molecular flexibility index (Phi) is 5.20. The Morgan fingerprint density at radius 1 is 0.840 bits per heavy atom. The third-order valence-electron chi connectivity index (χ3n) is 2.84. The molecule has 25 heavy (non-hydrogen) atoms. The zero-order valence-electron chi connectivity index (χ0n) is 12.3. The lowest BCUT2D eigenvalue weighted by molar-refractivity contribution is 0.00753. The van der Waals surface area contributed by atoms with E-state index in [1.165, 1.54) is 48.5 Å². The lowest BCUT2D eigenvalue weighted by Gasteiger charge is -2.06. The van der Waals surface area contributed by atoms with Crippen LogP contribution in [0, 0.1) is 0 Å². The molecular formula is C13H9N5O5S2. The zero-order valence-corrected chi connectivity index (χ0v) is 13.9. The van der Waals surface area contributed by atoms with Gasteiger partial charge in [-0.3, -0.25) is 0 Å². The highest BCUT2D eigenvalue weighted by Crippen LogP contribution is 2.24. The van der Waals surface area contributed by atoms with Gasteiger partial charge in [-0.25, -0.2) is 16.8 Å². The summed E-state index contributed by atoms with van der Waals surface area (Å²) in [5, 5.41) is 0. The first-order valence-electron chi connectivity index (χ1n) is 6.40. The van der Waals surface area contributed by atoms with Crippen LogP contribution >= 0.6 is 0 Å². The Morgan fingerprint density at radius 3 is 1.76 bits per heavy atom. The Morgan fingerprint density at radius 2 is 1.32 bits per heavy atom. The topological polar surface area (TPSA) is 163 Å². The minimum absolute atomic E-state index is 0.0894. The summed E-state index contributed by atoms with van der Waals surface area (Å²) in [4.78, 5) is 4.46. The quantitative estimate of drug-likeness (QED) is 0.247. The summed E-state index contributed by atoms with van der Waals surface area (Å²) >= 11 is 0. The average Bonchev–Trinajstić information content (AvgIpc) is 2.56. The van der Waals surface area contributed by atoms with E-state index in [9.17, 15) is 16.8 Å². The molecule has 0 aliphatic carbocycles. The zero-order chi connectivity index (χ0) is 18.5. The smallest absolute Gasteiger partial charge is 0.374 e. The van der Waals surface area contributed by atoms with Gasteiger partial charge in [-0.2, -0.15) is 4.79 Å². The SMILES string of the molecule is [N-]=[N+]=CS(=O)(=O)c1ccc(Oc2ccc(S(=O)(=O)N=[N+]=[N-])cc2)cc1. The fourth-order valence-corrected chi connectivity index (χ4v) is 3.16. The monoisotopic (exact) mass is 379 g/mol. The Hall–Kier alpha value is -3.17. The number of rotatable bonds is 6. The van der Waals surface area contributed by atoms with Crippen LogP contribution in [0.4, 0.5) is 0 Å². The maximum Gasteiger partial charge on any atom is 0.374 e. The second-order valence-corrected chi connectivity index (χ2v) is 7.81. The molecule has 0 spiro atoms. The Bertz CT molecular complexity index is 991. The van der Waals surface area contributed by atoms with Crippen LogP contribution in [0.1, 0.15) is 0 Å². The Balaban J connectivity index is 2.21. The van der Waals surface area contributed by atoms with E-state index in [1.807, 2.05) is 0 Å². The third-order valence-corrected chi connectivity index (χ3v) is 5.30. The molecule has 0 saturated carbocycles. The molecule has 0 atom stereocenters. The molecule has 2 aromatic rings. The molecule has 0 bridgehead atoms. The van der Waals surface area contributed by atoms with E-state index in [2.05, 4.69) is 14.2 Å². The van der Waals surface area contributed by atoms with Crippen molar-refractivity contribution in [3.05, 3.63) is 64.5 Å². The van der Waals surface area contributed by atoms with E-state index in [1.54, 1.807) is 0 Å². The van der Waals surface area contributed by atoms with Crippen LogP contribution in [-0.2, 0) is 19.9 Å². The molecule has 128 valence electrons. The molecule has 2 aromatic carbocycles. The molecule has 0 aliphatic heterocycles. The maximum absolute atomic E-state index is 11.6. The number of sulfone groups is 1. The maximum atomic E-state index is 11.6. The number of sulfonamides is 1. The second-order valence-electron chi connectivity index (χ2n) is 4.46. The van der Waals surface area contributed by atoms with Gasteiger partial charge in [0, 0.05) is 9.43 Å². The molecular weight excluding hydrogens is 370 g/mol. The van der Waals surface area contributed by atoms with Gasteiger partial charge in [0.25, 0.3) is 19.9 Å². The van der Waals surface area contributed by atoms with Crippen molar-refractivity contribution in [1.82, 2.24) is 0 Å². The average molecular weight is 379 g/mol. The van der Waals surface area contributed by atoms with E-state index in [4.69, 9.17) is 15.8 Å². The number of nitrogens with zero attached hydrogens (tertiary/aromatic N) is 5. The highest BCUT2D eigenvalue weighted by molar-refractivity contribution is 8.04. The van der Waals surface area contributed by atoms with E-state index >= 15 is 0 Å². The molecule has 0 unspecified atom stereocenters. The largest absolute Gasteiger partial charge is 0.457 e. The van der Waals surface area contributed by atoms with Crippen LogP contribution in [0.15, 0.2) is 62.8 Å². The third kappa shape index (κ3) is 4.43. The first-order valence-corrected chi connectivity index (χ1v) is 9.39. The normalized spacial score (nSPS) is 11.0. The standard InChI is InChI=1S/C13H9N5O5S2/c14-16-9-24(19,20)12-5-1-10(2-6-12)23-11-3-7-13(8-4-11)25(21,22)18-17-15/h1-9H. The fraction of sp³-hybridized carbons (Fsp3) is 0. The van der Waals surface area contributed by atoms with Crippen molar-refractivity contribution in [3.63, 3.8) is 0 Å². The molecule has 10 nitrogen and oxygen atoms in total. The summed E-state index contributed by atoms with van der Waals surface area (Å²) in [5.74, 6) is 0.581. The fourth-order valence-electron chi connectivity index (χ4n) is 1.73. The number of ether oxygens (including phenoxy) is 1. The van der Waals surface area contributed by atoms with Crippen molar-refractivity contribution in [1.29, 1.82) is 0 Å². The second kappa shape index (κ2) is 7.16. The number of benzene rings is 2. The minimum atomic E-state index is -4.07. The van der Waals surface area contributed by atoms with Gasteiger partial charge in [-0.1, -0.05) is 0 Å². The van der Waals surface area contributed by atoms with Crippen molar-refractivity contribution >= 4 is 25.4 Å². The predicted molar refractivity (Wildman–Crippen MR) is 86.2 cm³/mol. The number of hydrogen-bond acceptors (Lipinski definition) is 5. The van der Waals surface area contributed by atoms with Crippen molar-refractivity contribution in [2.24, 2.45) is 4.52 Å². The molecule has 0 saturated heterocycles. The summed E-state index contributed by atoms with van der Waals surface area (Å²) < 4.78 is 54.5. The van der Waals surface area contributed by atoms with Crippen LogP contribution in [0.3, 0.4) is 0 Å². The van der Waals surface area contributed by atoms with Gasteiger partial charge in [-0.05, 0) is 54.1 Å². The van der Waals surface area contributed by atoms with Gasteiger partial charge in [0.1, 0.15) is 11.5 Å². The van der Waals surface area contributed by atoms with Crippen LogP contribution in [0.5, 0.6) is 11.5 Å². The molecule has 2 rings (SSSR count). The first kappa shape index (κ1) is 18.2. The van der Waals surface area contributed by atoms with Gasteiger partial charge >= 0.3 is 5.55 Å². The van der Waals surface area contributed by atoms with Crippen molar-refractivity contribution in [3.8, 4) is 11.5 Å². The van der Waals surface area contributed by atoms with Gasteiger partial charge < -0.3 is 10.3 Å². The summed E-state index contributed by atoms with van der Waals surface area (Å²) in [6.45, 7) is 0. The number of hydrogen-bond donors (Lipinski definition) is 0. The molecule has 0 fully saturated rings. The van der Waals surface area contributed by atoms with Gasteiger partial charge in [-0.15, -0.1) is 0 Å². The minimum Gasteiger partial charge on any atom is -0.457 e. The van der Waals surface area contributed by atoms with Crippen molar-refractivity contribution < 1.29 is 26.4 Å². The molecule has 0 heterocycles. The highest BCUT2D eigenvalue weighted by Gasteiger charge is 2.16. The van der Waals surface area contributed by atoms with Crippen LogP contribution < -0.4 is 4.74 Å². The molecule has 0 aliphatic rings. The van der Waals surface area contributed by atoms with E-state index in [0.717, 1.165) is 0 Å². The molecule has 0 radical (unpaired) electrons. The lowest BCUT2D eigenvalue weighted by Crippen LogP contribution is -2.02. The van der Waals surface area contributed by atoms with Gasteiger partial charge in [0.2, 0.25) is 0 Å². The molecule has 0 amide bonds. The van der Waals surface area contributed by atoms with Crippen LogP contribution in [-0.4, -0.2) is 27.2 Å². The highest BCUT2D eigenvalue weighted by atomic mass is 32.2. The van der Waals surface area contributed by atoms with Gasteiger partial charge in [0.15, 0.2) is 0 Å². The number of azide groups is 1. The van der Waals surface area contributed by atoms with Crippen LogP contribution in [0.25, 0.3) is 16.0 Å². The summed E-state index contributed by atoms with van der Waals surface area (Å²) in [7, 11) is -7.91. The van der Waals surface area contributed by atoms with E-state index in [-0.39, 0.29) is 15.5 Å². The van der Waals surface area contributed by atoms with E-state index in [0.29, 0.717) is 11.3 Å². The van der Waals surface area contributed by atoms with Crippen molar-refractivity contribution in [2.75, 3.05) is 0 Å².